The first-order valence-electron chi connectivity index (χ1n) is 10.7. The van der Waals surface area contributed by atoms with Gasteiger partial charge in [-0.1, -0.05) is 109 Å². The van der Waals surface area contributed by atoms with Crippen LogP contribution in [0.1, 0.15) is 107 Å². The first kappa shape index (κ1) is 25.0. The van der Waals surface area contributed by atoms with Gasteiger partial charge in [0.15, 0.2) is 0 Å². The topological polar surface area (TPSA) is 29.1 Å². The second-order valence-electron chi connectivity index (χ2n) is 7.22. The summed E-state index contributed by atoms with van der Waals surface area (Å²) in [5.74, 6) is 0.0512. The van der Waals surface area contributed by atoms with Gasteiger partial charge < -0.3 is 5.32 Å². The molecular weight excluding hydrogens is 342 g/mol. The molecule has 0 saturated carbocycles. The van der Waals surface area contributed by atoms with E-state index in [9.17, 15) is 4.79 Å². The SMILES string of the molecule is CCCCCCCCCCCCCCCCNC(=O)c1ccccc1.Cl. The summed E-state index contributed by atoms with van der Waals surface area (Å²) in [5.41, 5.74) is 0.757. The van der Waals surface area contributed by atoms with E-state index in [-0.39, 0.29) is 18.3 Å². The van der Waals surface area contributed by atoms with Crippen molar-refractivity contribution in [2.75, 3.05) is 6.54 Å². The Bertz CT molecular complexity index is 421. The summed E-state index contributed by atoms with van der Waals surface area (Å²) in [6.45, 7) is 3.08. The average Bonchev–Trinajstić information content (AvgIpc) is 2.65. The van der Waals surface area contributed by atoms with Gasteiger partial charge in [0.1, 0.15) is 0 Å². The van der Waals surface area contributed by atoms with Gasteiger partial charge >= 0.3 is 0 Å². The lowest BCUT2D eigenvalue weighted by Crippen LogP contribution is -2.24. The molecule has 0 aromatic heterocycles. The molecule has 0 heterocycles. The van der Waals surface area contributed by atoms with Crippen molar-refractivity contribution in [1.82, 2.24) is 5.32 Å². The van der Waals surface area contributed by atoms with Gasteiger partial charge in [-0.2, -0.15) is 0 Å². The van der Waals surface area contributed by atoms with Crippen LogP contribution in [-0.4, -0.2) is 12.5 Å². The fraction of sp³-hybridized carbons (Fsp3) is 0.696. The van der Waals surface area contributed by atoms with E-state index in [4.69, 9.17) is 0 Å². The number of halogens is 1. The van der Waals surface area contributed by atoms with Crippen molar-refractivity contribution in [2.24, 2.45) is 0 Å². The van der Waals surface area contributed by atoms with Crippen LogP contribution >= 0.6 is 12.4 Å². The van der Waals surface area contributed by atoms with Gasteiger partial charge in [0.05, 0.1) is 0 Å². The standard InChI is InChI=1S/C23H39NO.ClH/c1-2-3-4-5-6-7-8-9-10-11-12-13-14-18-21-24-23(25)22-19-16-15-17-20-22;/h15-17,19-20H,2-14,18,21H2,1H3,(H,24,25);1H. The minimum Gasteiger partial charge on any atom is -0.352 e. The average molecular weight is 382 g/mol. The van der Waals surface area contributed by atoms with Crippen molar-refractivity contribution < 1.29 is 4.79 Å². The third-order valence-electron chi connectivity index (χ3n) is 4.85. The number of rotatable bonds is 16. The van der Waals surface area contributed by atoms with E-state index in [2.05, 4.69) is 12.2 Å². The van der Waals surface area contributed by atoms with Crippen molar-refractivity contribution in [3.8, 4) is 0 Å². The quantitative estimate of drug-likeness (QED) is 0.298. The highest BCUT2D eigenvalue weighted by atomic mass is 35.5. The highest BCUT2D eigenvalue weighted by Crippen LogP contribution is 2.12. The summed E-state index contributed by atoms with van der Waals surface area (Å²) in [5, 5.41) is 3.00. The molecule has 2 nitrogen and oxygen atoms in total. The van der Waals surface area contributed by atoms with Crippen LogP contribution in [0.4, 0.5) is 0 Å². The molecule has 1 N–H and O–H groups in total. The van der Waals surface area contributed by atoms with E-state index >= 15 is 0 Å². The summed E-state index contributed by atoms with van der Waals surface area (Å²) >= 11 is 0. The predicted octanol–water partition coefficient (Wildman–Crippen LogP) is 7.32. The first-order chi connectivity index (χ1) is 12.3. The molecule has 0 saturated heterocycles. The number of hydrogen-bond acceptors (Lipinski definition) is 1. The number of carbonyl (C=O) groups is 1. The Balaban J connectivity index is 0.00000625. The molecule has 0 aliphatic carbocycles. The maximum Gasteiger partial charge on any atom is 0.251 e. The Kier molecular flexibility index (Phi) is 18.0. The second kappa shape index (κ2) is 18.8. The van der Waals surface area contributed by atoms with Crippen LogP contribution in [0.25, 0.3) is 0 Å². The molecule has 1 aromatic carbocycles. The zero-order valence-corrected chi connectivity index (χ0v) is 17.6. The number of unbranched alkanes of at least 4 members (excludes halogenated alkanes) is 13. The molecule has 0 aliphatic rings. The normalized spacial score (nSPS) is 10.3. The van der Waals surface area contributed by atoms with Gasteiger partial charge in [-0.15, -0.1) is 12.4 Å². The van der Waals surface area contributed by atoms with Gasteiger partial charge in [-0.3, -0.25) is 4.79 Å². The molecule has 3 heteroatoms. The van der Waals surface area contributed by atoms with Gasteiger partial charge in [0.25, 0.3) is 5.91 Å². The Morgan fingerprint density at radius 1 is 0.692 bits per heavy atom. The molecule has 1 amide bonds. The lowest BCUT2D eigenvalue weighted by Gasteiger charge is -2.05. The molecule has 0 atom stereocenters. The number of benzene rings is 1. The van der Waals surface area contributed by atoms with Crippen LogP contribution in [0.3, 0.4) is 0 Å². The molecule has 0 aliphatic heterocycles. The zero-order chi connectivity index (χ0) is 18.0. The highest BCUT2D eigenvalue weighted by molar-refractivity contribution is 5.94. The van der Waals surface area contributed by atoms with Crippen molar-refractivity contribution in [3.05, 3.63) is 35.9 Å². The Labute approximate surface area is 167 Å². The lowest BCUT2D eigenvalue weighted by molar-refractivity contribution is 0.0953. The van der Waals surface area contributed by atoms with E-state index in [0.717, 1.165) is 18.5 Å². The molecule has 1 aromatic rings. The summed E-state index contributed by atoms with van der Waals surface area (Å²) in [6, 6.07) is 9.47. The van der Waals surface area contributed by atoms with Crippen LogP contribution in [0.5, 0.6) is 0 Å². The largest absolute Gasteiger partial charge is 0.352 e. The molecule has 0 spiro atoms. The monoisotopic (exact) mass is 381 g/mol. The van der Waals surface area contributed by atoms with Crippen LogP contribution in [0.15, 0.2) is 30.3 Å². The van der Waals surface area contributed by atoms with Crippen LogP contribution < -0.4 is 5.32 Å². The van der Waals surface area contributed by atoms with E-state index in [0.29, 0.717) is 0 Å². The van der Waals surface area contributed by atoms with Crippen molar-refractivity contribution >= 4 is 18.3 Å². The molecular formula is C23H40ClNO. The summed E-state index contributed by atoms with van der Waals surface area (Å²) in [4.78, 5) is 11.9. The third kappa shape index (κ3) is 14.2. The molecule has 0 radical (unpaired) electrons. The minimum atomic E-state index is 0. The van der Waals surface area contributed by atoms with Crippen molar-refractivity contribution in [3.63, 3.8) is 0 Å². The first-order valence-corrected chi connectivity index (χ1v) is 10.7. The molecule has 0 fully saturated rings. The van der Waals surface area contributed by atoms with Gasteiger partial charge in [-0.25, -0.2) is 0 Å². The Hall–Kier alpha value is -1.02. The number of amides is 1. The van der Waals surface area contributed by atoms with Crippen LogP contribution in [0.2, 0.25) is 0 Å². The maximum absolute atomic E-state index is 11.9. The van der Waals surface area contributed by atoms with Crippen molar-refractivity contribution in [1.29, 1.82) is 0 Å². The molecule has 26 heavy (non-hydrogen) atoms. The van der Waals surface area contributed by atoms with E-state index in [1.807, 2.05) is 30.3 Å². The number of nitrogens with one attached hydrogen (secondary N) is 1. The highest BCUT2D eigenvalue weighted by Gasteiger charge is 2.02. The third-order valence-corrected chi connectivity index (χ3v) is 4.85. The summed E-state index contributed by atoms with van der Waals surface area (Å²) < 4.78 is 0. The van der Waals surface area contributed by atoms with Gasteiger partial charge in [0, 0.05) is 12.1 Å². The molecule has 0 unspecified atom stereocenters. The summed E-state index contributed by atoms with van der Waals surface area (Å²) in [6.07, 6.45) is 19.1. The fourth-order valence-corrected chi connectivity index (χ4v) is 3.21. The smallest absolute Gasteiger partial charge is 0.251 e. The van der Waals surface area contributed by atoms with Gasteiger partial charge in [0.2, 0.25) is 0 Å². The zero-order valence-electron chi connectivity index (χ0n) is 16.8. The Morgan fingerprint density at radius 2 is 1.12 bits per heavy atom. The van der Waals surface area contributed by atoms with Gasteiger partial charge in [-0.05, 0) is 18.6 Å². The lowest BCUT2D eigenvalue weighted by atomic mass is 10.0. The molecule has 150 valence electrons. The van der Waals surface area contributed by atoms with Crippen LogP contribution in [0, 0.1) is 0 Å². The fourth-order valence-electron chi connectivity index (χ4n) is 3.21. The number of carbonyl (C=O) groups excluding carboxylic acids is 1. The van der Waals surface area contributed by atoms with E-state index in [1.165, 1.54) is 83.5 Å². The van der Waals surface area contributed by atoms with Crippen molar-refractivity contribution in [2.45, 2.75) is 96.8 Å². The minimum absolute atomic E-state index is 0. The predicted molar refractivity (Wildman–Crippen MR) is 116 cm³/mol. The number of hydrogen-bond donors (Lipinski definition) is 1. The van der Waals surface area contributed by atoms with E-state index in [1.54, 1.807) is 0 Å². The van der Waals surface area contributed by atoms with E-state index < -0.39 is 0 Å². The second-order valence-corrected chi connectivity index (χ2v) is 7.22. The summed E-state index contributed by atoms with van der Waals surface area (Å²) in [7, 11) is 0. The molecule has 1 rings (SSSR count). The Morgan fingerprint density at radius 3 is 1.58 bits per heavy atom. The maximum atomic E-state index is 11.9. The molecule has 0 bridgehead atoms. The van der Waals surface area contributed by atoms with Crippen LogP contribution in [-0.2, 0) is 0 Å².